The molecule has 0 bridgehead atoms. The third-order valence-corrected chi connectivity index (χ3v) is 2.73. The van der Waals surface area contributed by atoms with Crippen molar-refractivity contribution in [1.29, 1.82) is 0 Å². The Kier molecular flexibility index (Phi) is 3.61. The van der Waals surface area contributed by atoms with Gasteiger partial charge in [-0.15, -0.1) is 0 Å². The highest BCUT2D eigenvalue weighted by atomic mass is 35.5. The van der Waals surface area contributed by atoms with Crippen LogP contribution >= 0.6 is 11.6 Å². The van der Waals surface area contributed by atoms with Gasteiger partial charge in [0.2, 0.25) is 0 Å². The summed E-state index contributed by atoms with van der Waals surface area (Å²) in [6, 6.07) is 7.62. The van der Waals surface area contributed by atoms with Crippen LogP contribution in [0.4, 0.5) is 0 Å². The van der Waals surface area contributed by atoms with Gasteiger partial charge in [-0.05, 0) is 24.1 Å². The van der Waals surface area contributed by atoms with Gasteiger partial charge < -0.3 is 10.5 Å². The van der Waals surface area contributed by atoms with Crippen molar-refractivity contribution < 1.29 is 4.74 Å². The second-order valence-corrected chi connectivity index (χ2v) is 4.12. The molecule has 1 aromatic heterocycles. The van der Waals surface area contributed by atoms with Crippen LogP contribution in [0.25, 0.3) is 0 Å². The van der Waals surface area contributed by atoms with Crippen molar-refractivity contribution in [2.45, 2.75) is 13.5 Å². The number of benzene rings is 1. The van der Waals surface area contributed by atoms with Gasteiger partial charge in [0.05, 0.1) is 0 Å². The number of nitrogens with zero attached hydrogens (tertiary/aromatic N) is 1. The van der Waals surface area contributed by atoms with Gasteiger partial charge in [0.25, 0.3) is 0 Å². The summed E-state index contributed by atoms with van der Waals surface area (Å²) in [5.41, 5.74) is 7.66. The van der Waals surface area contributed by atoms with E-state index >= 15 is 0 Å². The maximum atomic E-state index is 5.99. The summed E-state index contributed by atoms with van der Waals surface area (Å²) in [6.07, 6.45) is 3.20. The number of hydrogen-bond donors (Lipinski definition) is 1. The van der Waals surface area contributed by atoms with Gasteiger partial charge in [-0.1, -0.05) is 23.7 Å². The first-order valence-corrected chi connectivity index (χ1v) is 5.65. The summed E-state index contributed by atoms with van der Waals surface area (Å²) < 4.78 is 5.75. The van der Waals surface area contributed by atoms with Crippen molar-refractivity contribution in [3.05, 3.63) is 52.8 Å². The first-order chi connectivity index (χ1) is 8.20. The largest absolute Gasteiger partial charge is 0.455 e. The van der Waals surface area contributed by atoms with E-state index in [0.717, 1.165) is 16.9 Å². The third-order valence-electron chi connectivity index (χ3n) is 2.44. The van der Waals surface area contributed by atoms with Crippen LogP contribution in [-0.2, 0) is 6.54 Å². The molecule has 2 N–H and O–H groups in total. The van der Waals surface area contributed by atoms with Crippen LogP contribution in [0.2, 0.25) is 5.02 Å². The fourth-order valence-corrected chi connectivity index (χ4v) is 1.60. The van der Waals surface area contributed by atoms with E-state index in [-0.39, 0.29) is 0 Å². The van der Waals surface area contributed by atoms with E-state index < -0.39 is 0 Å². The average Bonchev–Trinajstić information content (AvgIpc) is 2.35. The molecule has 0 atom stereocenters. The molecule has 0 fully saturated rings. The van der Waals surface area contributed by atoms with E-state index in [1.54, 1.807) is 18.5 Å². The van der Waals surface area contributed by atoms with Crippen LogP contribution in [0, 0.1) is 6.92 Å². The monoisotopic (exact) mass is 248 g/mol. The predicted molar refractivity (Wildman–Crippen MR) is 68.4 cm³/mol. The fourth-order valence-electron chi connectivity index (χ4n) is 1.45. The Labute approximate surface area is 105 Å². The van der Waals surface area contributed by atoms with Crippen LogP contribution in [-0.4, -0.2) is 4.98 Å². The molecule has 0 unspecified atom stereocenters. The molecule has 1 heterocycles. The smallest absolute Gasteiger partial charge is 0.149 e. The second-order valence-electron chi connectivity index (χ2n) is 3.71. The number of rotatable bonds is 3. The van der Waals surface area contributed by atoms with Gasteiger partial charge in [-0.2, -0.15) is 0 Å². The van der Waals surface area contributed by atoms with Gasteiger partial charge in [0, 0.05) is 25.0 Å². The Morgan fingerprint density at radius 1 is 1.29 bits per heavy atom. The number of ether oxygens (including phenoxy) is 1. The Hall–Kier alpha value is -1.58. The van der Waals surface area contributed by atoms with Crippen molar-refractivity contribution >= 4 is 11.6 Å². The zero-order valence-corrected chi connectivity index (χ0v) is 10.2. The molecule has 0 saturated heterocycles. The van der Waals surface area contributed by atoms with Gasteiger partial charge >= 0.3 is 0 Å². The maximum Gasteiger partial charge on any atom is 0.149 e. The zero-order chi connectivity index (χ0) is 12.3. The van der Waals surface area contributed by atoms with E-state index in [1.807, 2.05) is 25.1 Å². The van der Waals surface area contributed by atoms with Gasteiger partial charge in [-0.25, -0.2) is 0 Å². The fraction of sp³-hybridized carbons (Fsp3) is 0.154. The summed E-state index contributed by atoms with van der Waals surface area (Å²) in [5.74, 6) is 1.36. The van der Waals surface area contributed by atoms with Crippen LogP contribution in [0.1, 0.15) is 11.1 Å². The normalized spacial score (nSPS) is 10.3. The molecule has 17 heavy (non-hydrogen) atoms. The van der Waals surface area contributed by atoms with Gasteiger partial charge in [-0.3, -0.25) is 4.98 Å². The zero-order valence-electron chi connectivity index (χ0n) is 9.48. The second kappa shape index (κ2) is 5.17. The van der Waals surface area contributed by atoms with E-state index in [2.05, 4.69) is 4.98 Å². The first-order valence-electron chi connectivity index (χ1n) is 5.27. The molecular formula is C13H13ClN2O. The lowest BCUT2D eigenvalue weighted by Crippen LogP contribution is -1.97. The van der Waals surface area contributed by atoms with E-state index in [0.29, 0.717) is 17.3 Å². The molecule has 0 radical (unpaired) electrons. The van der Waals surface area contributed by atoms with Crippen molar-refractivity contribution in [3.63, 3.8) is 0 Å². The quantitative estimate of drug-likeness (QED) is 0.907. The standard InChI is InChI=1S/C13H13ClN2O/c1-9-2-3-10(7-15)6-13(9)17-12-4-5-16-8-11(12)14/h2-6,8H,7,15H2,1H3. The molecule has 0 amide bonds. The lowest BCUT2D eigenvalue weighted by Gasteiger charge is -2.10. The minimum absolute atomic E-state index is 0.487. The molecule has 4 heteroatoms. The highest BCUT2D eigenvalue weighted by molar-refractivity contribution is 6.31. The minimum atomic E-state index is 0.487. The Morgan fingerprint density at radius 2 is 2.12 bits per heavy atom. The molecule has 2 aromatic rings. The molecule has 88 valence electrons. The highest BCUT2D eigenvalue weighted by Crippen LogP contribution is 2.30. The molecule has 0 aliphatic rings. The molecule has 0 spiro atoms. The van der Waals surface area contributed by atoms with Crippen molar-refractivity contribution in [3.8, 4) is 11.5 Å². The van der Waals surface area contributed by atoms with Crippen molar-refractivity contribution in [1.82, 2.24) is 4.98 Å². The van der Waals surface area contributed by atoms with Crippen molar-refractivity contribution in [2.24, 2.45) is 5.73 Å². The summed E-state index contributed by atoms with van der Waals surface area (Å²) in [6.45, 7) is 2.46. The number of halogens is 1. The predicted octanol–water partition coefficient (Wildman–Crippen LogP) is 3.29. The maximum absolute atomic E-state index is 5.99. The van der Waals surface area contributed by atoms with E-state index in [9.17, 15) is 0 Å². The number of nitrogens with two attached hydrogens (primary N) is 1. The SMILES string of the molecule is Cc1ccc(CN)cc1Oc1ccncc1Cl. The van der Waals surface area contributed by atoms with Crippen LogP contribution < -0.4 is 10.5 Å². The van der Waals surface area contributed by atoms with Gasteiger partial charge in [0.1, 0.15) is 16.5 Å². The van der Waals surface area contributed by atoms with Crippen LogP contribution in [0.5, 0.6) is 11.5 Å². The summed E-state index contributed by atoms with van der Waals surface area (Å²) >= 11 is 5.99. The number of aromatic nitrogens is 1. The lowest BCUT2D eigenvalue weighted by molar-refractivity contribution is 0.477. The highest BCUT2D eigenvalue weighted by Gasteiger charge is 2.05. The molecule has 1 aromatic carbocycles. The lowest BCUT2D eigenvalue weighted by atomic mass is 10.1. The van der Waals surface area contributed by atoms with Gasteiger partial charge in [0.15, 0.2) is 0 Å². The van der Waals surface area contributed by atoms with Crippen molar-refractivity contribution in [2.75, 3.05) is 0 Å². The minimum Gasteiger partial charge on any atom is -0.455 e. The number of aryl methyl sites for hydroxylation is 1. The summed E-state index contributed by atoms with van der Waals surface area (Å²) in [4.78, 5) is 3.91. The number of pyridine rings is 1. The van der Waals surface area contributed by atoms with E-state index in [4.69, 9.17) is 22.1 Å². The number of hydrogen-bond acceptors (Lipinski definition) is 3. The Morgan fingerprint density at radius 3 is 2.82 bits per heavy atom. The molecule has 0 aliphatic carbocycles. The first kappa shape index (κ1) is 11.9. The van der Waals surface area contributed by atoms with Crippen LogP contribution in [0.15, 0.2) is 36.7 Å². The third kappa shape index (κ3) is 2.75. The van der Waals surface area contributed by atoms with E-state index in [1.165, 1.54) is 0 Å². The Bertz CT molecular complexity index is 529. The molecular weight excluding hydrogens is 236 g/mol. The topological polar surface area (TPSA) is 48.1 Å². The van der Waals surface area contributed by atoms with Crippen LogP contribution in [0.3, 0.4) is 0 Å². The molecule has 2 rings (SSSR count). The molecule has 0 saturated carbocycles. The Balaban J connectivity index is 2.32. The molecule has 3 nitrogen and oxygen atoms in total. The summed E-state index contributed by atoms with van der Waals surface area (Å²) in [7, 11) is 0. The summed E-state index contributed by atoms with van der Waals surface area (Å²) in [5, 5.41) is 0.491. The average molecular weight is 249 g/mol. The molecule has 0 aliphatic heterocycles.